The van der Waals surface area contributed by atoms with Crippen LogP contribution in [0.5, 0.6) is 0 Å². The smallest absolute Gasteiger partial charge is 0.123 e. The molecule has 3 nitrogen and oxygen atoms in total. The zero-order chi connectivity index (χ0) is 13.8. The number of aliphatic hydroxyl groups excluding tert-OH is 1. The highest BCUT2D eigenvalue weighted by atomic mass is 19.1. The van der Waals surface area contributed by atoms with Gasteiger partial charge in [0.05, 0.1) is 0 Å². The summed E-state index contributed by atoms with van der Waals surface area (Å²) in [6.45, 7) is 2.85. The van der Waals surface area contributed by atoms with Crippen LogP contribution in [-0.2, 0) is 0 Å². The zero-order valence-corrected chi connectivity index (χ0v) is 11.5. The zero-order valence-electron chi connectivity index (χ0n) is 11.5. The average Bonchev–Trinajstić information content (AvgIpc) is 2.32. The molecule has 0 radical (unpaired) electrons. The van der Waals surface area contributed by atoms with Gasteiger partial charge in [-0.3, -0.25) is 0 Å². The lowest BCUT2D eigenvalue weighted by Gasteiger charge is -2.40. The predicted octanol–water partition coefficient (Wildman–Crippen LogP) is 2.59. The Morgan fingerprint density at radius 1 is 1.47 bits per heavy atom. The van der Waals surface area contributed by atoms with E-state index in [1.165, 1.54) is 31.4 Å². The molecule has 4 heteroatoms. The Labute approximate surface area is 114 Å². The molecule has 2 rings (SSSR count). The van der Waals surface area contributed by atoms with E-state index in [1.54, 1.807) is 0 Å². The molecule has 0 amide bonds. The lowest BCUT2D eigenvalue weighted by atomic mass is 9.90. The minimum Gasteiger partial charge on any atom is -0.396 e. The van der Waals surface area contributed by atoms with E-state index in [2.05, 4.69) is 4.90 Å². The van der Waals surface area contributed by atoms with Crippen molar-refractivity contribution in [2.45, 2.75) is 44.7 Å². The maximum Gasteiger partial charge on any atom is 0.123 e. The van der Waals surface area contributed by atoms with E-state index < -0.39 is 0 Å². The number of nitrogens with two attached hydrogens (primary N) is 1. The molecule has 1 fully saturated rings. The Hall–Kier alpha value is -1.13. The monoisotopic (exact) mass is 266 g/mol. The third-order valence-corrected chi connectivity index (χ3v) is 3.86. The van der Waals surface area contributed by atoms with Gasteiger partial charge < -0.3 is 15.7 Å². The number of aliphatic hydroxyl groups is 1. The van der Waals surface area contributed by atoms with Gasteiger partial charge in [0.25, 0.3) is 0 Å². The number of rotatable bonds is 6. The van der Waals surface area contributed by atoms with Crippen molar-refractivity contribution in [3.8, 4) is 0 Å². The molecular weight excluding hydrogens is 243 g/mol. The third kappa shape index (κ3) is 3.25. The van der Waals surface area contributed by atoms with Crippen molar-refractivity contribution >= 4 is 5.69 Å². The van der Waals surface area contributed by atoms with Crippen LogP contribution in [0.3, 0.4) is 0 Å². The fraction of sp³-hybridized carbons (Fsp3) is 0.600. The Morgan fingerprint density at radius 3 is 2.74 bits per heavy atom. The van der Waals surface area contributed by atoms with Gasteiger partial charge >= 0.3 is 0 Å². The summed E-state index contributed by atoms with van der Waals surface area (Å²) in [5, 5.41) is 9.05. The molecule has 1 aromatic carbocycles. The normalized spacial score (nSPS) is 17.1. The Kier molecular flexibility index (Phi) is 4.77. The highest BCUT2D eigenvalue weighted by Gasteiger charge is 2.27. The molecule has 0 unspecified atom stereocenters. The largest absolute Gasteiger partial charge is 0.396 e. The number of benzene rings is 1. The van der Waals surface area contributed by atoms with E-state index in [4.69, 9.17) is 10.8 Å². The summed E-state index contributed by atoms with van der Waals surface area (Å²) in [6, 6.07) is 5.16. The average molecular weight is 266 g/mol. The number of hydrogen-bond acceptors (Lipinski definition) is 3. The fourth-order valence-corrected chi connectivity index (χ4v) is 2.59. The van der Waals surface area contributed by atoms with Gasteiger partial charge in [-0.15, -0.1) is 0 Å². The fourth-order valence-electron chi connectivity index (χ4n) is 2.59. The van der Waals surface area contributed by atoms with Crippen molar-refractivity contribution in [1.29, 1.82) is 0 Å². The van der Waals surface area contributed by atoms with Crippen molar-refractivity contribution in [2.75, 3.05) is 18.1 Å². The molecule has 1 atom stereocenters. The predicted molar refractivity (Wildman–Crippen MR) is 75.7 cm³/mol. The summed E-state index contributed by atoms with van der Waals surface area (Å²) in [4.78, 5) is 2.29. The van der Waals surface area contributed by atoms with Crippen LogP contribution in [0.4, 0.5) is 10.1 Å². The van der Waals surface area contributed by atoms with Crippen LogP contribution in [-0.4, -0.2) is 24.3 Å². The molecule has 0 bridgehead atoms. The number of anilines is 1. The van der Waals surface area contributed by atoms with E-state index in [0.717, 1.165) is 24.2 Å². The summed E-state index contributed by atoms with van der Waals surface area (Å²) in [6.07, 6.45) is 4.31. The van der Waals surface area contributed by atoms with Gasteiger partial charge in [0.15, 0.2) is 0 Å². The van der Waals surface area contributed by atoms with Gasteiger partial charge in [-0.1, -0.05) is 0 Å². The van der Waals surface area contributed by atoms with Crippen molar-refractivity contribution in [3.63, 3.8) is 0 Å². The second-order valence-corrected chi connectivity index (χ2v) is 5.35. The Bertz CT molecular complexity index is 419. The molecule has 0 aliphatic heterocycles. The van der Waals surface area contributed by atoms with Crippen molar-refractivity contribution < 1.29 is 9.50 Å². The molecule has 1 aromatic rings. The molecule has 0 spiro atoms. The first-order chi connectivity index (χ1) is 9.13. The van der Waals surface area contributed by atoms with Crippen LogP contribution in [0.1, 0.15) is 44.2 Å². The summed E-state index contributed by atoms with van der Waals surface area (Å²) < 4.78 is 13.4. The van der Waals surface area contributed by atoms with Crippen LogP contribution >= 0.6 is 0 Å². The van der Waals surface area contributed by atoms with E-state index in [1.807, 2.05) is 13.0 Å². The second-order valence-electron chi connectivity index (χ2n) is 5.35. The van der Waals surface area contributed by atoms with Gasteiger partial charge in [-0.05, 0) is 56.4 Å². The molecular formula is C15H23FN2O. The van der Waals surface area contributed by atoms with E-state index in [-0.39, 0.29) is 18.5 Å². The number of nitrogens with zero attached hydrogens (tertiary/aromatic N) is 1. The molecule has 3 N–H and O–H groups in total. The first kappa shape index (κ1) is 14.3. The standard InChI is InChI=1S/C15H23FN2O/c1-11(17)14-10-12(16)6-7-15(14)18(8-3-9-19)13-4-2-5-13/h6-7,10-11,13,19H,2-5,8-9,17H2,1H3/t11-/m1/s1. The summed E-state index contributed by atoms with van der Waals surface area (Å²) >= 11 is 0. The van der Waals surface area contributed by atoms with Gasteiger partial charge in [-0.2, -0.15) is 0 Å². The summed E-state index contributed by atoms with van der Waals surface area (Å²) in [5.74, 6) is -0.244. The molecule has 106 valence electrons. The molecule has 1 aliphatic carbocycles. The first-order valence-electron chi connectivity index (χ1n) is 7.06. The number of halogens is 1. The van der Waals surface area contributed by atoms with Crippen molar-refractivity contribution in [3.05, 3.63) is 29.6 Å². The highest BCUT2D eigenvalue weighted by Crippen LogP contribution is 2.34. The van der Waals surface area contributed by atoms with E-state index in [9.17, 15) is 4.39 Å². The van der Waals surface area contributed by atoms with Crippen LogP contribution in [0.2, 0.25) is 0 Å². The van der Waals surface area contributed by atoms with E-state index >= 15 is 0 Å². The maximum absolute atomic E-state index is 13.4. The molecule has 0 saturated heterocycles. The lowest BCUT2D eigenvalue weighted by Crippen LogP contribution is -2.42. The van der Waals surface area contributed by atoms with E-state index in [0.29, 0.717) is 6.04 Å². The molecule has 1 saturated carbocycles. The van der Waals surface area contributed by atoms with Crippen LogP contribution in [0, 0.1) is 5.82 Å². The van der Waals surface area contributed by atoms with Crippen molar-refractivity contribution in [2.24, 2.45) is 5.73 Å². The molecule has 0 aromatic heterocycles. The summed E-state index contributed by atoms with van der Waals surface area (Å²) in [7, 11) is 0. The van der Waals surface area contributed by atoms with Gasteiger partial charge in [0.1, 0.15) is 5.82 Å². The molecule has 0 heterocycles. The first-order valence-corrected chi connectivity index (χ1v) is 7.06. The highest BCUT2D eigenvalue weighted by molar-refractivity contribution is 5.56. The van der Waals surface area contributed by atoms with Crippen LogP contribution in [0.25, 0.3) is 0 Å². The second kappa shape index (κ2) is 6.35. The third-order valence-electron chi connectivity index (χ3n) is 3.86. The number of hydrogen-bond donors (Lipinski definition) is 2. The van der Waals surface area contributed by atoms with Gasteiger partial charge in [0.2, 0.25) is 0 Å². The van der Waals surface area contributed by atoms with Crippen LogP contribution in [0.15, 0.2) is 18.2 Å². The lowest BCUT2D eigenvalue weighted by molar-refractivity contribution is 0.283. The van der Waals surface area contributed by atoms with Gasteiger partial charge in [0, 0.05) is 30.9 Å². The SMILES string of the molecule is C[C@@H](N)c1cc(F)ccc1N(CCCO)C1CCC1. The quantitative estimate of drug-likeness (QED) is 0.832. The Morgan fingerprint density at radius 2 is 2.21 bits per heavy atom. The summed E-state index contributed by atoms with van der Waals surface area (Å²) in [5.41, 5.74) is 7.84. The van der Waals surface area contributed by atoms with Crippen molar-refractivity contribution in [1.82, 2.24) is 0 Å². The maximum atomic E-state index is 13.4. The minimum absolute atomic E-state index is 0.178. The minimum atomic E-state index is -0.244. The molecule has 19 heavy (non-hydrogen) atoms. The topological polar surface area (TPSA) is 49.5 Å². The van der Waals surface area contributed by atoms with Gasteiger partial charge in [-0.25, -0.2) is 4.39 Å². The molecule has 1 aliphatic rings. The van der Waals surface area contributed by atoms with Crippen LogP contribution < -0.4 is 10.6 Å². The Balaban J connectivity index is 2.28.